The van der Waals surface area contributed by atoms with Crippen LogP contribution in [0.15, 0.2) is 42.5 Å². The Morgan fingerprint density at radius 1 is 1.11 bits per heavy atom. The third-order valence-electron chi connectivity index (χ3n) is 5.33. The molecule has 0 aliphatic carbocycles. The normalized spacial score (nSPS) is 17.1. The molecule has 1 aliphatic heterocycles. The Morgan fingerprint density at radius 2 is 1.75 bits per heavy atom. The van der Waals surface area contributed by atoms with Gasteiger partial charge in [0.25, 0.3) is 0 Å². The standard InChI is InChI=1S/C22H25F2NO3/c1-15(14-26)25-21(27)22(8-10-28-11-9-22)13-16-2-4-17(5-3-16)18-6-7-19(23)20(24)12-18/h2-7,12,15,26H,8-11,13-14H2,1H3,(H,25,27). The van der Waals surface area contributed by atoms with Gasteiger partial charge >= 0.3 is 0 Å². The van der Waals surface area contributed by atoms with E-state index in [0.29, 0.717) is 38.0 Å². The van der Waals surface area contributed by atoms with Crippen LogP contribution in [0.1, 0.15) is 25.3 Å². The lowest BCUT2D eigenvalue weighted by atomic mass is 9.74. The number of nitrogens with one attached hydrogen (secondary N) is 1. The summed E-state index contributed by atoms with van der Waals surface area (Å²) in [5.74, 6) is -1.82. The van der Waals surface area contributed by atoms with Gasteiger partial charge in [0, 0.05) is 19.3 Å². The molecule has 1 amide bonds. The molecular weight excluding hydrogens is 364 g/mol. The Hall–Kier alpha value is -2.31. The van der Waals surface area contributed by atoms with Gasteiger partial charge in [-0.25, -0.2) is 8.78 Å². The fourth-order valence-corrected chi connectivity index (χ4v) is 3.55. The van der Waals surface area contributed by atoms with Crippen molar-refractivity contribution in [3.05, 3.63) is 59.7 Å². The number of carbonyl (C=O) groups excluding carboxylic acids is 1. The van der Waals surface area contributed by atoms with Gasteiger partial charge in [-0.3, -0.25) is 4.79 Å². The molecule has 0 aromatic heterocycles. The predicted molar refractivity (Wildman–Crippen MR) is 103 cm³/mol. The molecule has 0 bridgehead atoms. The molecule has 4 nitrogen and oxygen atoms in total. The molecule has 1 fully saturated rings. The van der Waals surface area contributed by atoms with Gasteiger partial charge in [-0.05, 0) is 55.0 Å². The van der Waals surface area contributed by atoms with Crippen LogP contribution in [0.2, 0.25) is 0 Å². The Kier molecular flexibility index (Phi) is 6.42. The Balaban J connectivity index is 1.79. The summed E-state index contributed by atoms with van der Waals surface area (Å²) in [5, 5.41) is 12.1. The van der Waals surface area contributed by atoms with Gasteiger partial charge in [0.05, 0.1) is 12.0 Å². The predicted octanol–water partition coefficient (Wildman–Crippen LogP) is 3.47. The van der Waals surface area contributed by atoms with Crippen LogP contribution in [0.4, 0.5) is 8.78 Å². The van der Waals surface area contributed by atoms with E-state index in [9.17, 15) is 18.7 Å². The van der Waals surface area contributed by atoms with Crippen LogP contribution in [0, 0.1) is 17.0 Å². The first-order valence-electron chi connectivity index (χ1n) is 9.47. The second kappa shape index (κ2) is 8.80. The quantitative estimate of drug-likeness (QED) is 0.795. The van der Waals surface area contributed by atoms with E-state index < -0.39 is 17.0 Å². The molecule has 3 rings (SSSR count). The summed E-state index contributed by atoms with van der Waals surface area (Å²) >= 11 is 0. The van der Waals surface area contributed by atoms with Crippen molar-refractivity contribution in [2.75, 3.05) is 19.8 Å². The molecule has 2 aromatic rings. The average molecular weight is 389 g/mol. The Bertz CT molecular complexity index is 817. The first-order valence-corrected chi connectivity index (χ1v) is 9.47. The van der Waals surface area contributed by atoms with Crippen molar-refractivity contribution >= 4 is 5.91 Å². The molecular formula is C22H25F2NO3. The molecule has 6 heteroatoms. The van der Waals surface area contributed by atoms with Crippen molar-refractivity contribution in [1.29, 1.82) is 0 Å². The maximum absolute atomic E-state index is 13.5. The first-order chi connectivity index (χ1) is 13.4. The third-order valence-corrected chi connectivity index (χ3v) is 5.33. The van der Waals surface area contributed by atoms with E-state index in [1.54, 1.807) is 6.92 Å². The minimum atomic E-state index is -0.877. The van der Waals surface area contributed by atoms with E-state index in [1.807, 2.05) is 24.3 Å². The summed E-state index contributed by atoms with van der Waals surface area (Å²) in [6.07, 6.45) is 1.78. The van der Waals surface area contributed by atoms with Crippen molar-refractivity contribution in [3.8, 4) is 11.1 Å². The molecule has 150 valence electrons. The number of amides is 1. The van der Waals surface area contributed by atoms with Crippen molar-refractivity contribution < 1.29 is 23.4 Å². The van der Waals surface area contributed by atoms with E-state index in [-0.39, 0.29) is 18.6 Å². The van der Waals surface area contributed by atoms with Crippen LogP contribution in [0.5, 0.6) is 0 Å². The summed E-state index contributed by atoms with van der Waals surface area (Å²) in [6.45, 7) is 2.70. The van der Waals surface area contributed by atoms with E-state index >= 15 is 0 Å². The summed E-state index contributed by atoms with van der Waals surface area (Å²) in [5.41, 5.74) is 1.79. The summed E-state index contributed by atoms with van der Waals surface area (Å²) in [4.78, 5) is 12.9. The summed E-state index contributed by atoms with van der Waals surface area (Å²) in [6, 6.07) is 11.1. The van der Waals surface area contributed by atoms with Crippen LogP contribution in [-0.4, -0.2) is 36.9 Å². The van der Waals surface area contributed by atoms with Gasteiger partial charge < -0.3 is 15.2 Å². The van der Waals surface area contributed by atoms with Crippen LogP contribution < -0.4 is 5.32 Å². The number of ether oxygens (including phenoxy) is 1. The van der Waals surface area contributed by atoms with Crippen LogP contribution in [0.3, 0.4) is 0 Å². The van der Waals surface area contributed by atoms with Crippen molar-refractivity contribution in [3.63, 3.8) is 0 Å². The molecule has 0 saturated carbocycles. The number of aliphatic hydroxyl groups is 1. The van der Waals surface area contributed by atoms with Crippen molar-refractivity contribution in [2.45, 2.75) is 32.2 Å². The number of benzene rings is 2. The highest BCUT2D eigenvalue weighted by Crippen LogP contribution is 2.35. The molecule has 2 aromatic carbocycles. The SMILES string of the molecule is CC(CO)NC(=O)C1(Cc2ccc(-c3ccc(F)c(F)c3)cc2)CCOCC1. The largest absolute Gasteiger partial charge is 0.394 e. The molecule has 1 heterocycles. The lowest BCUT2D eigenvalue weighted by Gasteiger charge is -2.36. The fraction of sp³-hybridized carbons (Fsp3) is 0.409. The first kappa shape index (κ1) is 20.4. The molecule has 2 N–H and O–H groups in total. The number of rotatable bonds is 6. The highest BCUT2D eigenvalue weighted by Gasteiger charge is 2.40. The number of halogens is 2. The van der Waals surface area contributed by atoms with Crippen LogP contribution in [0.25, 0.3) is 11.1 Å². The number of hydrogen-bond acceptors (Lipinski definition) is 3. The summed E-state index contributed by atoms with van der Waals surface area (Å²) in [7, 11) is 0. The topological polar surface area (TPSA) is 58.6 Å². The van der Waals surface area contributed by atoms with Gasteiger partial charge in [0.2, 0.25) is 5.91 Å². The molecule has 1 saturated heterocycles. The number of aliphatic hydroxyl groups excluding tert-OH is 1. The summed E-state index contributed by atoms with van der Waals surface area (Å²) < 4.78 is 32.1. The van der Waals surface area contributed by atoms with Gasteiger partial charge in [-0.15, -0.1) is 0 Å². The maximum Gasteiger partial charge on any atom is 0.227 e. The lowest BCUT2D eigenvalue weighted by molar-refractivity contribution is -0.137. The van der Waals surface area contributed by atoms with Gasteiger partial charge in [-0.1, -0.05) is 30.3 Å². The number of hydrogen-bond donors (Lipinski definition) is 2. The van der Waals surface area contributed by atoms with E-state index in [0.717, 1.165) is 17.2 Å². The van der Waals surface area contributed by atoms with E-state index in [4.69, 9.17) is 4.74 Å². The van der Waals surface area contributed by atoms with E-state index in [2.05, 4.69) is 5.32 Å². The maximum atomic E-state index is 13.5. The molecule has 1 aliphatic rings. The highest BCUT2D eigenvalue weighted by atomic mass is 19.2. The zero-order chi connectivity index (χ0) is 20.1. The molecule has 0 radical (unpaired) electrons. The van der Waals surface area contributed by atoms with Crippen molar-refractivity contribution in [2.24, 2.45) is 5.41 Å². The van der Waals surface area contributed by atoms with Gasteiger partial charge in [0.15, 0.2) is 11.6 Å². The number of carbonyl (C=O) groups is 1. The molecule has 0 spiro atoms. The monoisotopic (exact) mass is 389 g/mol. The zero-order valence-corrected chi connectivity index (χ0v) is 15.9. The second-order valence-corrected chi connectivity index (χ2v) is 7.45. The average Bonchev–Trinajstić information content (AvgIpc) is 2.71. The third kappa shape index (κ3) is 4.56. The van der Waals surface area contributed by atoms with Crippen LogP contribution >= 0.6 is 0 Å². The van der Waals surface area contributed by atoms with Crippen molar-refractivity contribution in [1.82, 2.24) is 5.32 Å². The van der Waals surface area contributed by atoms with Gasteiger partial charge in [0.1, 0.15) is 0 Å². The fourth-order valence-electron chi connectivity index (χ4n) is 3.55. The Labute approximate surface area is 163 Å². The molecule has 1 unspecified atom stereocenters. The second-order valence-electron chi connectivity index (χ2n) is 7.45. The van der Waals surface area contributed by atoms with Gasteiger partial charge in [-0.2, -0.15) is 0 Å². The molecule has 28 heavy (non-hydrogen) atoms. The molecule has 1 atom stereocenters. The van der Waals surface area contributed by atoms with Crippen LogP contribution in [-0.2, 0) is 16.0 Å². The minimum Gasteiger partial charge on any atom is -0.394 e. The van der Waals surface area contributed by atoms with E-state index in [1.165, 1.54) is 12.1 Å². The highest BCUT2D eigenvalue weighted by molar-refractivity contribution is 5.83. The lowest BCUT2D eigenvalue weighted by Crippen LogP contribution is -2.49. The minimum absolute atomic E-state index is 0.0676. The zero-order valence-electron chi connectivity index (χ0n) is 15.9. The smallest absolute Gasteiger partial charge is 0.227 e. The Morgan fingerprint density at radius 3 is 2.36 bits per heavy atom.